The number of carboxylic acids is 1. The summed E-state index contributed by atoms with van der Waals surface area (Å²) in [5, 5.41) is 10.0. The van der Waals surface area contributed by atoms with Crippen molar-refractivity contribution in [2.24, 2.45) is 0 Å². The van der Waals surface area contributed by atoms with Crippen LogP contribution in [0.25, 0.3) is 0 Å². The number of hydrogen-bond acceptors (Lipinski definition) is 4. The zero-order chi connectivity index (χ0) is 12.0. The van der Waals surface area contributed by atoms with Crippen molar-refractivity contribution in [3.05, 3.63) is 35.9 Å². The summed E-state index contributed by atoms with van der Waals surface area (Å²) >= 11 is 0. The molecule has 5 nitrogen and oxygen atoms in total. The van der Waals surface area contributed by atoms with E-state index in [-0.39, 0.29) is 12.9 Å². The fourth-order valence-corrected chi connectivity index (χ4v) is 1.35. The van der Waals surface area contributed by atoms with E-state index < -0.39 is 12.0 Å². The Labute approximate surface area is 93.2 Å². The van der Waals surface area contributed by atoms with Crippen LogP contribution in [0.3, 0.4) is 0 Å². The molecule has 0 aliphatic carbocycles. The first-order chi connectivity index (χ1) is 7.65. The van der Waals surface area contributed by atoms with Crippen LogP contribution in [0.1, 0.15) is 5.56 Å². The molecule has 0 aromatic heterocycles. The van der Waals surface area contributed by atoms with Gasteiger partial charge >= 0.3 is 12.4 Å². The van der Waals surface area contributed by atoms with Crippen LogP contribution >= 0.6 is 0 Å². The van der Waals surface area contributed by atoms with Crippen LogP contribution in [-0.4, -0.2) is 35.7 Å². The Balaban J connectivity index is 2.72. The number of likely N-dealkylation sites (N-methyl/N-ethyl adjacent to an activating group) is 1. The minimum Gasteiger partial charge on any atom is -0.480 e. The largest absolute Gasteiger partial charge is 0.480 e. The van der Waals surface area contributed by atoms with Gasteiger partial charge in [-0.15, -0.1) is 5.06 Å². The lowest BCUT2D eigenvalue weighted by Gasteiger charge is -2.21. The molecule has 0 spiro atoms. The molecule has 0 radical (unpaired) electrons. The van der Waals surface area contributed by atoms with Gasteiger partial charge in [0.1, 0.15) is 6.04 Å². The van der Waals surface area contributed by atoms with E-state index in [1.54, 1.807) is 0 Å². The van der Waals surface area contributed by atoms with Gasteiger partial charge in [0.25, 0.3) is 0 Å². The Bertz CT molecular complexity index is 352. The average molecular weight is 223 g/mol. The molecule has 0 amide bonds. The Hall–Kier alpha value is -1.88. The zero-order valence-electron chi connectivity index (χ0n) is 8.87. The van der Waals surface area contributed by atoms with Crippen molar-refractivity contribution in [2.75, 3.05) is 7.05 Å². The summed E-state index contributed by atoms with van der Waals surface area (Å²) in [7, 11) is 1.41. The lowest BCUT2D eigenvalue weighted by Crippen LogP contribution is -2.39. The second-order valence-corrected chi connectivity index (χ2v) is 3.29. The molecule has 0 aliphatic heterocycles. The molecule has 1 rings (SSSR count). The second kappa shape index (κ2) is 5.87. The number of hydrogen-bond donors (Lipinski definition) is 1. The zero-order valence-corrected chi connectivity index (χ0v) is 8.87. The fourth-order valence-electron chi connectivity index (χ4n) is 1.35. The second-order valence-electron chi connectivity index (χ2n) is 3.29. The van der Waals surface area contributed by atoms with Gasteiger partial charge in [-0.2, -0.15) is 0 Å². The summed E-state index contributed by atoms with van der Waals surface area (Å²) in [5.41, 5.74) is 0.872. The normalized spacial score (nSPS) is 12.1. The number of hydroxylamine groups is 2. The summed E-state index contributed by atoms with van der Waals surface area (Å²) in [4.78, 5) is 25.6. The highest BCUT2D eigenvalue weighted by Crippen LogP contribution is 2.08. The standard InChI is InChI=1S/C11H13NO4/c1-12(16-8-13)10(11(14)15)7-9-5-3-2-4-6-9/h2-6,8,10H,7H2,1H3,(H,14,15). The van der Waals surface area contributed by atoms with Crippen LogP contribution in [-0.2, 0) is 20.8 Å². The SMILES string of the molecule is CN(OC=O)C(Cc1ccccc1)C(=O)O. The van der Waals surface area contributed by atoms with Gasteiger partial charge in [0, 0.05) is 13.5 Å². The molecule has 86 valence electrons. The molecule has 1 unspecified atom stereocenters. The highest BCUT2D eigenvalue weighted by Gasteiger charge is 2.24. The molecule has 0 bridgehead atoms. The van der Waals surface area contributed by atoms with Crippen LogP contribution in [0, 0.1) is 0 Å². The first-order valence-corrected chi connectivity index (χ1v) is 4.75. The van der Waals surface area contributed by atoms with Crippen molar-refractivity contribution in [2.45, 2.75) is 12.5 Å². The number of nitrogens with zero attached hydrogens (tertiary/aromatic N) is 1. The Kier molecular flexibility index (Phi) is 4.47. The molecular weight excluding hydrogens is 210 g/mol. The van der Waals surface area contributed by atoms with Crippen molar-refractivity contribution in [1.82, 2.24) is 5.06 Å². The van der Waals surface area contributed by atoms with Crippen molar-refractivity contribution in [3.63, 3.8) is 0 Å². The third kappa shape index (κ3) is 3.36. The number of carbonyl (C=O) groups is 2. The topological polar surface area (TPSA) is 66.8 Å². The van der Waals surface area contributed by atoms with Gasteiger partial charge in [-0.25, -0.2) is 0 Å². The van der Waals surface area contributed by atoms with Crippen molar-refractivity contribution in [1.29, 1.82) is 0 Å². The minimum atomic E-state index is -1.03. The molecule has 0 aliphatic rings. The maximum atomic E-state index is 11.0. The Morgan fingerprint density at radius 2 is 2.12 bits per heavy atom. The van der Waals surface area contributed by atoms with E-state index in [0.717, 1.165) is 10.6 Å². The quantitative estimate of drug-likeness (QED) is 0.568. The van der Waals surface area contributed by atoms with E-state index in [2.05, 4.69) is 4.84 Å². The highest BCUT2D eigenvalue weighted by molar-refractivity contribution is 5.73. The number of carbonyl (C=O) groups excluding carboxylic acids is 1. The number of benzene rings is 1. The average Bonchev–Trinajstić information content (AvgIpc) is 2.27. The van der Waals surface area contributed by atoms with E-state index >= 15 is 0 Å². The Morgan fingerprint density at radius 3 is 2.62 bits per heavy atom. The van der Waals surface area contributed by atoms with E-state index in [4.69, 9.17) is 5.11 Å². The van der Waals surface area contributed by atoms with E-state index in [1.807, 2.05) is 30.3 Å². The highest BCUT2D eigenvalue weighted by atomic mass is 16.7. The number of rotatable bonds is 6. The molecule has 1 aromatic rings. The van der Waals surface area contributed by atoms with Gasteiger partial charge in [-0.1, -0.05) is 30.3 Å². The first-order valence-electron chi connectivity index (χ1n) is 4.75. The molecule has 1 aromatic carbocycles. The minimum absolute atomic E-state index is 0.209. The first kappa shape index (κ1) is 12.2. The molecule has 1 atom stereocenters. The fraction of sp³-hybridized carbons (Fsp3) is 0.273. The molecule has 1 N–H and O–H groups in total. The summed E-state index contributed by atoms with van der Waals surface area (Å²) in [5.74, 6) is -1.03. The van der Waals surface area contributed by atoms with E-state index in [1.165, 1.54) is 7.05 Å². The van der Waals surface area contributed by atoms with E-state index in [0.29, 0.717) is 0 Å². The van der Waals surface area contributed by atoms with Gasteiger partial charge < -0.3 is 9.94 Å². The Morgan fingerprint density at radius 1 is 1.50 bits per heavy atom. The maximum absolute atomic E-state index is 11.0. The number of carboxylic acid groups (broad SMARTS) is 1. The smallest absolute Gasteiger partial charge is 0.324 e. The molecular formula is C11H13NO4. The van der Waals surface area contributed by atoms with Gasteiger partial charge in [0.05, 0.1) is 0 Å². The summed E-state index contributed by atoms with van der Waals surface area (Å²) in [6, 6.07) is 8.27. The lowest BCUT2D eigenvalue weighted by molar-refractivity contribution is -0.185. The van der Waals surface area contributed by atoms with Crippen LogP contribution in [0.5, 0.6) is 0 Å². The summed E-state index contributed by atoms with van der Waals surface area (Å²) in [6.07, 6.45) is 0.278. The monoisotopic (exact) mass is 223 g/mol. The molecule has 0 heterocycles. The third-order valence-corrected chi connectivity index (χ3v) is 2.21. The summed E-state index contributed by atoms with van der Waals surface area (Å²) < 4.78 is 0. The van der Waals surface area contributed by atoms with Crippen LogP contribution in [0.15, 0.2) is 30.3 Å². The predicted molar refractivity (Wildman–Crippen MR) is 56.5 cm³/mol. The van der Waals surface area contributed by atoms with Crippen LogP contribution < -0.4 is 0 Å². The van der Waals surface area contributed by atoms with Crippen LogP contribution in [0.2, 0.25) is 0 Å². The molecule has 0 fully saturated rings. The maximum Gasteiger partial charge on any atom is 0.324 e. The van der Waals surface area contributed by atoms with E-state index in [9.17, 15) is 9.59 Å². The van der Waals surface area contributed by atoms with Gasteiger partial charge in [-0.3, -0.25) is 9.59 Å². The number of aliphatic carboxylic acids is 1. The lowest BCUT2D eigenvalue weighted by atomic mass is 10.1. The molecule has 16 heavy (non-hydrogen) atoms. The summed E-state index contributed by atoms with van der Waals surface area (Å²) in [6.45, 7) is 0.209. The molecule has 0 saturated carbocycles. The van der Waals surface area contributed by atoms with Gasteiger partial charge in [0.2, 0.25) is 0 Å². The van der Waals surface area contributed by atoms with Crippen LogP contribution in [0.4, 0.5) is 0 Å². The third-order valence-electron chi connectivity index (χ3n) is 2.21. The predicted octanol–water partition coefficient (Wildman–Crippen LogP) is 0.702. The van der Waals surface area contributed by atoms with Gasteiger partial charge in [0.15, 0.2) is 0 Å². The molecule has 0 saturated heterocycles. The van der Waals surface area contributed by atoms with Crippen molar-refractivity contribution < 1.29 is 19.5 Å². The molecule has 5 heteroatoms. The van der Waals surface area contributed by atoms with Crippen molar-refractivity contribution >= 4 is 12.4 Å². The van der Waals surface area contributed by atoms with Crippen molar-refractivity contribution in [3.8, 4) is 0 Å². The van der Waals surface area contributed by atoms with Gasteiger partial charge in [-0.05, 0) is 5.56 Å².